The highest BCUT2D eigenvalue weighted by Crippen LogP contribution is 2.14. The largest absolute Gasteiger partial charge is 0.310 e. The van der Waals surface area contributed by atoms with Crippen molar-refractivity contribution in [2.24, 2.45) is 0 Å². The van der Waals surface area contributed by atoms with E-state index in [1.54, 1.807) is 12.1 Å². The van der Waals surface area contributed by atoms with E-state index in [-0.39, 0.29) is 5.56 Å². The smallest absolute Gasteiger partial charge is 0.140 e. The molecule has 1 N–H and O–H groups in total. The fourth-order valence-corrected chi connectivity index (χ4v) is 2.65. The van der Waals surface area contributed by atoms with Crippen LogP contribution in [0.2, 0.25) is 0 Å². The first-order valence-electron chi connectivity index (χ1n) is 7.26. The SMILES string of the molecule is CC(C)N1CCC(NCc2ccc(F)c(C#N)c2)CC1. The lowest BCUT2D eigenvalue weighted by molar-refractivity contribution is 0.161. The van der Waals surface area contributed by atoms with Gasteiger partial charge in [-0.1, -0.05) is 6.07 Å². The molecule has 0 amide bonds. The molecular weight excluding hydrogens is 253 g/mol. The van der Waals surface area contributed by atoms with E-state index >= 15 is 0 Å². The molecular formula is C16H22FN3. The van der Waals surface area contributed by atoms with Crippen LogP contribution in [0, 0.1) is 17.1 Å². The minimum Gasteiger partial charge on any atom is -0.310 e. The second kappa shape index (κ2) is 6.83. The maximum Gasteiger partial charge on any atom is 0.140 e. The van der Waals surface area contributed by atoms with Gasteiger partial charge in [0.15, 0.2) is 0 Å². The lowest BCUT2D eigenvalue weighted by atomic mass is 10.0. The van der Waals surface area contributed by atoms with Crippen molar-refractivity contribution < 1.29 is 4.39 Å². The third-order valence-corrected chi connectivity index (χ3v) is 4.01. The van der Waals surface area contributed by atoms with Crippen LogP contribution in [0.4, 0.5) is 4.39 Å². The molecule has 1 fully saturated rings. The number of piperidine rings is 1. The molecule has 4 heteroatoms. The summed E-state index contributed by atoms with van der Waals surface area (Å²) >= 11 is 0. The first kappa shape index (κ1) is 15.0. The Morgan fingerprint density at radius 3 is 2.70 bits per heavy atom. The lowest BCUT2D eigenvalue weighted by Crippen LogP contribution is -2.44. The topological polar surface area (TPSA) is 39.1 Å². The highest BCUT2D eigenvalue weighted by molar-refractivity contribution is 5.34. The van der Waals surface area contributed by atoms with Gasteiger partial charge in [-0.3, -0.25) is 0 Å². The molecule has 0 bridgehead atoms. The summed E-state index contributed by atoms with van der Waals surface area (Å²) in [5.41, 5.74) is 1.09. The van der Waals surface area contributed by atoms with Crippen LogP contribution in [0.1, 0.15) is 37.8 Å². The molecule has 0 radical (unpaired) electrons. The molecule has 3 nitrogen and oxygen atoms in total. The molecule has 1 heterocycles. The summed E-state index contributed by atoms with van der Waals surface area (Å²) in [6.07, 6.45) is 2.29. The second-order valence-electron chi connectivity index (χ2n) is 5.71. The summed E-state index contributed by atoms with van der Waals surface area (Å²) in [5, 5.41) is 12.3. The van der Waals surface area contributed by atoms with Gasteiger partial charge in [0.1, 0.15) is 11.9 Å². The maximum atomic E-state index is 13.2. The Morgan fingerprint density at radius 1 is 1.40 bits per heavy atom. The summed E-state index contributed by atoms with van der Waals surface area (Å²) in [5.74, 6) is -0.443. The maximum absolute atomic E-state index is 13.2. The number of nitrogens with one attached hydrogen (secondary N) is 1. The molecule has 0 saturated carbocycles. The Balaban J connectivity index is 1.83. The van der Waals surface area contributed by atoms with Gasteiger partial charge in [-0.05, 0) is 57.5 Å². The van der Waals surface area contributed by atoms with Crippen LogP contribution in [-0.4, -0.2) is 30.1 Å². The summed E-state index contributed by atoms with van der Waals surface area (Å²) in [6, 6.07) is 7.76. The molecule has 0 atom stereocenters. The molecule has 1 aliphatic rings. The summed E-state index contributed by atoms with van der Waals surface area (Å²) in [4.78, 5) is 2.49. The fraction of sp³-hybridized carbons (Fsp3) is 0.562. The van der Waals surface area contributed by atoms with Crippen molar-refractivity contribution in [3.05, 3.63) is 35.1 Å². The quantitative estimate of drug-likeness (QED) is 0.918. The van der Waals surface area contributed by atoms with E-state index in [1.165, 1.54) is 6.07 Å². The molecule has 0 aromatic heterocycles. The molecule has 1 aromatic rings. The number of likely N-dealkylation sites (tertiary alicyclic amines) is 1. The van der Waals surface area contributed by atoms with Crippen molar-refractivity contribution >= 4 is 0 Å². The molecule has 1 saturated heterocycles. The summed E-state index contributed by atoms with van der Waals surface area (Å²) in [6.45, 7) is 7.41. The molecule has 2 rings (SSSR count). The predicted octanol–water partition coefficient (Wildman–Crippen LogP) is 2.66. The number of rotatable bonds is 4. The van der Waals surface area contributed by atoms with Gasteiger partial charge in [0.25, 0.3) is 0 Å². The van der Waals surface area contributed by atoms with Crippen LogP contribution in [0.15, 0.2) is 18.2 Å². The van der Waals surface area contributed by atoms with Crippen molar-refractivity contribution in [3.8, 4) is 6.07 Å². The van der Waals surface area contributed by atoms with E-state index in [1.807, 2.05) is 6.07 Å². The fourth-order valence-electron chi connectivity index (χ4n) is 2.65. The van der Waals surface area contributed by atoms with E-state index in [9.17, 15) is 4.39 Å². The molecule has 108 valence electrons. The van der Waals surface area contributed by atoms with E-state index in [4.69, 9.17) is 5.26 Å². The van der Waals surface area contributed by atoms with Crippen molar-refractivity contribution in [1.82, 2.24) is 10.2 Å². The predicted molar refractivity (Wildman–Crippen MR) is 77.7 cm³/mol. The zero-order valence-electron chi connectivity index (χ0n) is 12.2. The Hall–Kier alpha value is -1.44. The third kappa shape index (κ3) is 3.78. The van der Waals surface area contributed by atoms with E-state index in [2.05, 4.69) is 24.1 Å². The molecule has 0 unspecified atom stereocenters. The average Bonchev–Trinajstić information content (AvgIpc) is 2.46. The molecule has 0 aliphatic carbocycles. The van der Waals surface area contributed by atoms with Gasteiger partial charge in [0, 0.05) is 18.6 Å². The summed E-state index contributed by atoms with van der Waals surface area (Å²) in [7, 11) is 0. The first-order chi connectivity index (χ1) is 9.60. The van der Waals surface area contributed by atoms with Crippen molar-refractivity contribution in [1.29, 1.82) is 5.26 Å². The Kier molecular flexibility index (Phi) is 5.11. The Labute approximate surface area is 120 Å². The van der Waals surface area contributed by atoms with Crippen LogP contribution < -0.4 is 5.32 Å². The van der Waals surface area contributed by atoms with Gasteiger partial charge in [0.05, 0.1) is 5.56 Å². The normalized spacial score (nSPS) is 17.4. The van der Waals surface area contributed by atoms with Gasteiger partial charge in [0.2, 0.25) is 0 Å². The Bertz CT molecular complexity index is 485. The lowest BCUT2D eigenvalue weighted by Gasteiger charge is -2.35. The number of nitriles is 1. The molecule has 20 heavy (non-hydrogen) atoms. The van der Waals surface area contributed by atoms with Crippen molar-refractivity contribution in [2.45, 2.75) is 45.3 Å². The minimum absolute atomic E-state index is 0.124. The number of halogens is 1. The number of hydrogen-bond donors (Lipinski definition) is 1. The van der Waals surface area contributed by atoms with E-state index < -0.39 is 5.82 Å². The van der Waals surface area contributed by atoms with Gasteiger partial charge < -0.3 is 10.2 Å². The van der Waals surface area contributed by atoms with Crippen LogP contribution in [-0.2, 0) is 6.54 Å². The van der Waals surface area contributed by atoms with Crippen LogP contribution >= 0.6 is 0 Å². The van der Waals surface area contributed by atoms with Gasteiger partial charge in [-0.25, -0.2) is 4.39 Å². The van der Waals surface area contributed by atoms with Crippen LogP contribution in [0.5, 0.6) is 0 Å². The molecule has 1 aromatic carbocycles. The Morgan fingerprint density at radius 2 is 2.10 bits per heavy atom. The van der Waals surface area contributed by atoms with Crippen LogP contribution in [0.3, 0.4) is 0 Å². The monoisotopic (exact) mass is 275 g/mol. The van der Waals surface area contributed by atoms with Gasteiger partial charge in [-0.2, -0.15) is 5.26 Å². The number of benzene rings is 1. The zero-order valence-corrected chi connectivity index (χ0v) is 12.2. The van der Waals surface area contributed by atoms with Crippen LogP contribution in [0.25, 0.3) is 0 Å². The standard InChI is InChI=1S/C16H22FN3/c1-12(2)20-7-5-15(6-8-20)19-11-13-3-4-16(17)14(9-13)10-18/h3-4,9,12,15,19H,5-8,11H2,1-2H3. The van der Waals surface area contributed by atoms with Crippen molar-refractivity contribution in [2.75, 3.05) is 13.1 Å². The third-order valence-electron chi connectivity index (χ3n) is 4.01. The van der Waals surface area contributed by atoms with E-state index in [0.717, 1.165) is 31.5 Å². The minimum atomic E-state index is -0.443. The number of hydrogen-bond acceptors (Lipinski definition) is 3. The summed E-state index contributed by atoms with van der Waals surface area (Å²) < 4.78 is 13.2. The van der Waals surface area contributed by atoms with Crippen molar-refractivity contribution in [3.63, 3.8) is 0 Å². The second-order valence-corrected chi connectivity index (χ2v) is 5.71. The molecule has 1 aliphatic heterocycles. The average molecular weight is 275 g/mol. The highest BCUT2D eigenvalue weighted by atomic mass is 19.1. The highest BCUT2D eigenvalue weighted by Gasteiger charge is 2.20. The van der Waals surface area contributed by atoms with E-state index in [0.29, 0.717) is 18.6 Å². The zero-order chi connectivity index (χ0) is 14.5. The molecule has 0 spiro atoms. The number of nitrogens with zero attached hydrogens (tertiary/aromatic N) is 2. The first-order valence-corrected chi connectivity index (χ1v) is 7.26. The van der Waals surface area contributed by atoms with Gasteiger partial charge in [-0.15, -0.1) is 0 Å². The van der Waals surface area contributed by atoms with Gasteiger partial charge >= 0.3 is 0 Å².